The quantitative estimate of drug-likeness (QED) is 0.291. The fourth-order valence-corrected chi connectivity index (χ4v) is 6.86. The average molecular weight is 481 g/mol. The lowest BCUT2D eigenvalue weighted by Gasteiger charge is -2.38. The SMILES string of the molecule is C=CC1CCC(c2ccc(C3CCC(C4CCC(/C(F)=C/C(F)(F)F)CC4)CC3)c(F)c2)CC1. The summed E-state index contributed by atoms with van der Waals surface area (Å²) in [7, 11) is 0. The Labute approximate surface area is 200 Å². The van der Waals surface area contributed by atoms with Crippen LogP contribution in [-0.2, 0) is 0 Å². The van der Waals surface area contributed by atoms with E-state index < -0.39 is 17.9 Å². The van der Waals surface area contributed by atoms with Gasteiger partial charge in [-0.25, -0.2) is 8.78 Å². The van der Waals surface area contributed by atoms with Crippen LogP contribution in [0.25, 0.3) is 0 Å². The molecular weight excluding hydrogens is 443 g/mol. The summed E-state index contributed by atoms with van der Waals surface area (Å²) < 4.78 is 66.3. The largest absolute Gasteiger partial charge is 0.412 e. The van der Waals surface area contributed by atoms with Crippen molar-refractivity contribution in [3.05, 3.63) is 59.7 Å². The van der Waals surface area contributed by atoms with Crippen LogP contribution in [0.4, 0.5) is 22.0 Å². The molecule has 0 heterocycles. The highest BCUT2D eigenvalue weighted by Crippen LogP contribution is 2.46. The molecule has 0 bridgehead atoms. The van der Waals surface area contributed by atoms with E-state index in [1.807, 2.05) is 12.1 Å². The van der Waals surface area contributed by atoms with Gasteiger partial charge in [-0.15, -0.1) is 6.58 Å². The molecule has 34 heavy (non-hydrogen) atoms. The molecule has 5 heteroatoms. The highest BCUT2D eigenvalue weighted by Gasteiger charge is 2.35. The molecule has 0 saturated heterocycles. The van der Waals surface area contributed by atoms with Gasteiger partial charge in [-0.3, -0.25) is 0 Å². The molecule has 0 spiro atoms. The van der Waals surface area contributed by atoms with E-state index in [1.54, 1.807) is 6.07 Å². The van der Waals surface area contributed by atoms with Gasteiger partial charge in [0.05, 0.1) is 6.08 Å². The van der Waals surface area contributed by atoms with E-state index in [0.29, 0.717) is 36.5 Å². The number of rotatable bonds is 5. The molecule has 1 aromatic rings. The van der Waals surface area contributed by atoms with Crippen molar-refractivity contribution < 1.29 is 22.0 Å². The van der Waals surface area contributed by atoms with Crippen molar-refractivity contribution in [2.45, 2.75) is 95.1 Å². The van der Waals surface area contributed by atoms with Crippen molar-refractivity contribution in [2.24, 2.45) is 23.7 Å². The second kappa shape index (κ2) is 11.0. The van der Waals surface area contributed by atoms with Gasteiger partial charge in [0.2, 0.25) is 0 Å². The monoisotopic (exact) mass is 480 g/mol. The van der Waals surface area contributed by atoms with E-state index in [4.69, 9.17) is 0 Å². The predicted octanol–water partition coefficient (Wildman–Crippen LogP) is 9.78. The molecule has 0 nitrogen and oxygen atoms in total. The van der Waals surface area contributed by atoms with Gasteiger partial charge in [0.25, 0.3) is 0 Å². The first-order valence-corrected chi connectivity index (χ1v) is 13.1. The van der Waals surface area contributed by atoms with Gasteiger partial charge in [-0.1, -0.05) is 18.2 Å². The molecule has 0 atom stereocenters. The van der Waals surface area contributed by atoms with Crippen LogP contribution in [0.15, 0.2) is 42.8 Å². The Kier molecular flexibility index (Phi) is 8.20. The second-order valence-electron chi connectivity index (χ2n) is 10.9. The fraction of sp³-hybridized carbons (Fsp3) is 0.655. The summed E-state index contributed by atoms with van der Waals surface area (Å²) in [5.74, 6) is 0.589. The smallest absolute Gasteiger partial charge is 0.212 e. The lowest BCUT2D eigenvalue weighted by Crippen LogP contribution is -2.26. The number of halogens is 5. The summed E-state index contributed by atoms with van der Waals surface area (Å²) in [4.78, 5) is 0. The minimum Gasteiger partial charge on any atom is -0.212 e. The van der Waals surface area contributed by atoms with Crippen molar-refractivity contribution in [1.29, 1.82) is 0 Å². The molecule has 0 aromatic heterocycles. The standard InChI is InChI=1S/C29H37F5/c1-2-19-3-5-22(6-4-19)25-15-16-26(27(30)17-25)23-11-7-20(8-12-23)21-9-13-24(14-10-21)28(31)18-29(32,33)34/h2,15-24H,1,3-14H2/b28-18-. The Hall–Kier alpha value is -1.65. The molecule has 1 aromatic carbocycles. The molecule has 4 rings (SSSR count). The lowest BCUT2D eigenvalue weighted by atomic mass is 9.68. The number of alkyl halides is 3. The Morgan fingerprint density at radius 1 is 0.794 bits per heavy atom. The van der Waals surface area contributed by atoms with Crippen LogP contribution < -0.4 is 0 Å². The van der Waals surface area contributed by atoms with E-state index >= 15 is 4.39 Å². The van der Waals surface area contributed by atoms with Gasteiger partial charge < -0.3 is 0 Å². The molecule has 0 aliphatic heterocycles. The maximum absolute atomic E-state index is 15.1. The summed E-state index contributed by atoms with van der Waals surface area (Å²) in [6.45, 7) is 3.90. The zero-order valence-corrected chi connectivity index (χ0v) is 19.9. The molecule has 188 valence electrons. The minimum atomic E-state index is -4.59. The van der Waals surface area contributed by atoms with Crippen molar-refractivity contribution in [1.82, 2.24) is 0 Å². The lowest BCUT2D eigenvalue weighted by molar-refractivity contribution is -0.0821. The van der Waals surface area contributed by atoms with Gasteiger partial charge in [-0.2, -0.15) is 13.2 Å². The summed E-state index contributed by atoms with van der Waals surface area (Å²) in [5.41, 5.74) is 1.96. The first-order chi connectivity index (χ1) is 16.2. The van der Waals surface area contributed by atoms with Crippen LogP contribution in [0.2, 0.25) is 0 Å². The van der Waals surface area contributed by atoms with Crippen molar-refractivity contribution in [3.8, 4) is 0 Å². The van der Waals surface area contributed by atoms with Crippen molar-refractivity contribution >= 4 is 0 Å². The Bertz CT molecular complexity index is 846. The van der Waals surface area contributed by atoms with Crippen LogP contribution in [0.3, 0.4) is 0 Å². The first kappa shape index (κ1) is 25.4. The molecule has 3 aliphatic rings. The summed E-state index contributed by atoms with van der Waals surface area (Å²) in [6, 6.07) is 5.91. The molecule has 3 fully saturated rings. The third kappa shape index (κ3) is 6.31. The summed E-state index contributed by atoms with van der Waals surface area (Å²) in [6.07, 6.45) is 8.26. The van der Waals surface area contributed by atoms with E-state index in [0.717, 1.165) is 75.3 Å². The molecule has 0 N–H and O–H groups in total. The molecule has 3 saturated carbocycles. The molecule has 0 amide bonds. The van der Waals surface area contributed by atoms with Crippen LogP contribution in [-0.4, -0.2) is 6.18 Å². The maximum atomic E-state index is 15.1. The third-order valence-electron chi connectivity index (χ3n) is 8.94. The van der Waals surface area contributed by atoms with Crippen LogP contribution in [0, 0.1) is 29.5 Å². The normalized spacial score (nSPS) is 33.5. The summed E-state index contributed by atoms with van der Waals surface area (Å²) >= 11 is 0. The van der Waals surface area contributed by atoms with Gasteiger partial charge in [0, 0.05) is 5.92 Å². The number of benzene rings is 1. The Balaban J connectivity index is 1.27. The fourth-order valence-electron chi connectivity index (χ4n) is 6.86. The van der Waals surface area contributed by atoms with Crippen molar-refractivity contribution in [2.75, 3.05) is 0 Å². The topological polar surface area (TPSA) is 0 Å². The number of hydrogen-bond donors (Lipinski definition) is 0. The maximum Gasteiger partial charge on any atom is 0.412 e. The first-order valence-electron chi connectivity index (χ1n) is 13.1. The van der Waals surface area contributed by atoms with Crippen molar-refractivity contribution in [3.63, 3.8) is 0 Å². The minimum absolute atomic E-state index is 0.0702. The predicted molar refractivity (Wildman–Crippen MR) is 127 cm³/mol. The third-order valence-corrected chi connectivity index (χ3v) is 8.94. The molecular formula is C29H37F5. The summed E-state index contributed by atoms with van der Waals surface area (Å²) in [5, 5.41) is 0. The second-order valence-corrected chi connectivity index (χ2v) is 10.9. The van der Waals surface area contributed by atoms with Crippen LogP contribution in [0.1, 0.15) is 100 Å². The van der Waals surface area contributed by atoms with E-state index in [1.165, 1.54) is 0 Å². The molecule has 0 radical (unpaired) electrons. The zero-order valence-electron chi connectivity index (χ0n) is 19.9. The van der Waals surface area contributed by atoms with Crippen LogP contribution >= 0.6 is 0 Å². The van der Waals surface area contributed by atoms with Gasteiger partial charge in [0.1, 0.15) is 11.6 Å². The van der Waals surface area contributed by atoms with E-state index in [-0.39, 0.29) is 17.8 Å². The number of allylic oxidation sites excluding steroid dienone is 3. The van der Waals surface area contributed by atoms with Crippen LogP contribution in [0.5, 0.6) is 0 Å². The molecule has 3 aliphatic carbocycles. The van der Waals surface area contributed by atoms with Gasteiger partial charge in [-0.05, 0) is 124 Å². The zero-order chi connectivity index (χ0) is 24.3. The highest BCUT2D eigenvalue weighted by atomic mass is 19.4. The highest BCUT2D eigenvalue weighted by molar-refractivity contribution is 5.30. The van der Waals surface area contributed by atoms with Gasteiger partial charge >= 0.3 is 6.18 Å². The Morgan fingerprint density at radius 3 is 1.88 bits per heavy atom. The average Bonchev–Trinajstić information content (AvgIpc) is 2.83. The number of hydrogen-bond acceptors (Lipinski definition) is 0. The van der Waals surface area contributed by atoms with E-state index in [2.05, 4.69) is 12.6 Å². The Morgan fingerprint density at radius 2 is 1.35 bits per heavy atom. The van der Waals surface area contributed by atoms with E-state index in [9.17, 15) is 17.6 Å². The molecule has 0 unspecified atom stereocenters. The van der Waals surface area contributed by atoms with Gasteiger partial charge in [0.15, 0.2) is 0 Å².